The van der Waals surface area contributed by atoms with Crippen molar-refractivity contribution in [2.45, 2.75) is 13.0 Å². The highest BCUT2D eigenvalue weighted by atomic mass is 35.5. The van der Waals surface area contributed by atoms with E-state index in [-0.39, 0.29) is 10.6 Å². The lowest BCUT2D eigenvalue weighted by Crippen LogP contribution is -2.35. The minimum Gasteiger partial charge on any atom is -0.481 e. The molecule has 0 saturated heterocycles. The number of benzene rings is 2. The molecule has 6 heteroatoms. The van der Waals surface area contributed by atoms with E-state index in [2.05, 4.69) is 5.32 Å². The topological polar surface area (TPSA) is 66.4 Å². The highest BCUT2D eigenvalue weighted by Gasteiger charge is 2.27. The van der Waals surface area contributed by atoms with Gasteiger partial charge in [0.25, 0.3) is 5.91 Å². The predicted octanol–water partition coefficient (Wildman–Crippen LogP) is 3.67. The molecule has 0 aliphatic carbocycles. The third kappa shape index (κ3) is 3.87. The van der Waals surface area contributed by atoms with Gasteiger partial charge in [0.1, 0.15) is 5.82 Å². The summed E-state index contributed by atoms with van der Waals surface area (Å²) in [6, 6.07) is 11.9. The molecular weight excluding hydrogens is 321 g/mol. The Hall–Kier alpha value is -2.40. The van der Waals surface area contributed by atoms with Gasteiger partial charge in [0.05, 0.1) is 22.5 Å². The van der Waals surface area contributed by atoms with Crippen LogP contribution in [0.25, 0.3) is 0 Å². The third-order valence-electron chi connectivity index (χ3n) is 3.53. The average molecular weight is 336 g/mol. The minimum atomic E-state index is -1.05. The van der Waals surface area contributed by atoms with E-state index >= 15 is 0 Å². The minimum absolute atomic E-state index is 0.0369. The molecule has 0 bridgehead atoms. The lowest BCUT2D eigenvalue weighted by atomic mass is 9.94. The molecule has 2 rings (SSSR count). The Morgan fingerprint density at radius 3 is 2.39 bits per heavy atom. The molecular formula is C17H15ClFNO3. The second-order valence-corrected chi connectivity index (χ2v) is 5.47. The number of nitrogens with one attached hydrogen (secondary N) is 1. The van der Waals surface area contributed by atoms with Gasteiger partial charge in [-0.2, -0.15) is 0 Å². The van der Waals surface area contributed by atoms with E-state index < -0.39 is 29.7 Å². The Kier molecular flexibility index (Phi) is 5.34. The van der Waals surface area contributed by atoms with Crippen molar-refractivity contribution in [3.63, 3.8) is 0 Å². The van der Waals surface area contributed by atoms with Gasteiger partial charge in [-0.3, -0.25) is 9.59 Å². The number of carbonyl (C=O) groups excluding carboxylic acids is 1. The molecule has 0 unspecified atom stereocenters. The summed E-state index contributed by atoms with van der Waals surface area (Å²) < 4.78 is 13.5. The van der Waals surface area contributed by atoms with E-state index in [1.54, 1.807) is 30.3 Å². The number of carbonyl (C=O) groups is 2. The third-order valence-corrected chi connectivity index (χ3v) is 3.92. The van der Waals surface area contributed by atoms with Gasteiger partial charge in [-0.25, -0.2) is 4.39 Å². The molecule has 0 aliphatic heterocycles. The van der Waals surface area contributed by atoms with Crippen molar-refractivity contribution in [2.24, 2.45) is 5.92 Å². The van der Waals surface area contributed by atoms with Gasteiger partial charge >= 0.3 is 5.97 Å². The summed E-state index contributed by atoms with van der Waals surface area (Å²) in [5.41, 5.74) is 0.605. The Balaban J connectivity index is 2.33. The normalized spacial score (nSPS) is 13.2. The van der Waals surface area contributed by atoms with Gasteiger partial charge in [-0.05, 0) is 24.6 Å². The molecule has 0 aliphatic rings. The molecule has 2 atom stereocenters. The molecule has 0 aromatic heterocycles. The molecule has 120 valence electrons. The maximum atomic E-state index is 13.5. The molecule has 2 N–H and O–H groups in total. The zero-order chi connectivity index (χ0) is 17.0. The Labute approximate surface area is 137 Å². The molecule has 2 aromatic carbocycles. The monoisotopic (exact) mass is 335 g/mol. The largest absolute Gasteiger partial charge is 0.481 e. The van der Waals surface area contributed by atoms with Gasteiger partial charge in [-0.15, -0.1) is 0 Å². The highest BCUT2D eigenvalue weighted by Crippen LogP contribution is 2.25. The molecule has 0 fully saturated rings. The summed E-state index contributed by atoms with van der Waals surface area (Å²) in [6.07, 6.45) is 0. The maximum Gasteiger partial charge on any atom is 0.308 e. The van der Waals surface area contributed by atoms with Crippen LogP contribution in [0.2, 0.25) is 5.02 Å². The van der Waals surface area contributed by atoms with Gasteiger partial charge < -0.3 is 10.4 Å². The van der Waals surface area contributed by atoms with E-state index in [1.165, 1.54) is 19.1 Å². The van der Waals surface area contributed by atoms with E-state index in [9.17, 15) is 19.1 Å². The smallest absolute Gasteiger partial charge is 0.308 e. The number of aliphatic carboxylic acids is 1. The van der Waals surface area contributed by atoms with E-state index in [1.807, 2.05) is 0 Å². The van der Waals surface area contributed by atoms with Crippen LogP contribution < -0.4 is 5.32 Å². The van der Waals surface area contributed by atoms with Crippen LogP contribution in [0.3, 0.4) is 0 Å². The second kappa shape index (κ2) is 7.24. The first kappa shape index (κ1) is 17.0. The van der Waals surface area contributed by atoms with Gasteiger partial charge in [0, 0.05) is 0 Å². The van der Waals surface area contributed by atoms with Crippen molar-refractivity contribution in [3.8, 4) is 0 Å². The summed E-state index contributed by atoms with van der Waals surface area (Å²) in [7, 11) is 0. The zero-order valence-electron chi connectivity index (χ0n) is 12.3. The van der Waals surface area contributed by atoms with Crippen LogP contribution in [0.1, 0.15) is 28.9 Å². The summed E-state index contributed by atoms with van der Waals surface area (Å²) in [5, 5.41) is 11.6. The Morgan fingerprint density at radius 2 is 1.78 bits per heavy atom. The van der Waals surface area contributed by atoms with Crippen LogP contribution in [0.5, 0.6) is 0 Å². The summed E-state index contributed by atoms with van der Waals surface area (Å²) in [4.78, 5) is 23.7. The van der Waals surface area contributed by atoms with Gasteiger partial charge in [-0.1, -0.05) is 48.0 Å². The van der Waals surface area contributed by atoms with Crippen LogP contribution in [-0.4, -0.2) is 17.0 Å². The molecule has 4 nitrogen and oxygen atoms in total. The number of carboxylic acids is 1. The Morgan fingerprint density at radius 1 is 1.13 bits per heavy atom. The zero-order valence-corrected chi connectivity index (χ0v) is 13.0. The number of carboxylic acid groups (broad SMARTS) is 1. The highest BCUT2D eigenvalue weighted by molar-refractivity contribution is 6.34. The summed E-state index contributed by atoms with van der Waals surface area (Å²) >= 11 is 5.81. The summed E-state index contributed by atoms with van der Waals surface area (Å²) in [5.74, 6) is -3.25. The maximum absolute atomic E-state index is 13.5. The molecule has 0 saturated carbocycles. The molecule has 23 heavy (non-hydrogen) atoms. The predicted molar refractivity (Wildman–Crippen MR) is 84.9 cm³/mol. The Bertz CT molecular complexity index is 721. The molecule has 2 aromatic rings. The number of hydrogen-bond donors (Lipinski definition) is 2. The fourth-order valence-electron chi connectivity index (χ4n) is 2.20. The van der Waals surface area contributed by atoms with Crippen LogP contribution >= 0.6 is 11.6 Å². The molecule has 0 heterocycles. The SMILES string of the molecule is C[C@H](C(=O)O)[C@@H](NC(=O)c1cccc(F)c1Cl)c1ccccc1. The van der Waals surface area contributed by atoms with Crippen molar-refractivity contribution in [3.05, 3.63) is 70.5 Å². The van der Waals surface area contributed by atoms with Crippen LogP contribution in [0.4, 0.5) is 4.39 Å². The first-order valence-electron chi connectivity index (χ1n) is 6.94. The molecule has 0 spiro atoms. The quantitative estimate of drug-likeness (QED) is 0.876. The summed E-state index contributed by atoms with van der Waals surface area (Å²) in [6.45, 7) is 1.49. The van der Waals surface area contributed by atoms with Crippen molar-refractivity contribution < 1.29 is 19.1 Å². The van der Waals surface area contributed by atoms with Gasteiger partial charge in [0.2, 0.25) is 0 Å². The standard InChI is InChI=1S/C17H15ClFNO3/c1-10(17(22)23)15(11-6-3-2-4-7-11)20-16(21)12-8-5-9-13(19)14(12)18/h2-10,15H,1H3,(H,20,21)(H,22,23)/t10-,15+/m0/s1. The van der Waals surface area contributed by atoms with Crippen LogP contribution in [0.15, 0.2) is 48.5 Å². The number of rotatable bonds is 5. The van der Waals surface area contributed by atoms with Crippen LogP contribution in [-0.2, 0) is 4.79 Å². The van der Waals surface area contributed by atoms with E-state index in [4.69, 9.17) is 11.6 Å². The fraction of sp³-hybridized carbons (Fsp3) is 0.176. The number of amides is 1. The first-order valence-corrected chi connectivity index (χ1v) is 7.32. The number of hydrogen-bond acceptors (Lipinski definition) is 2. The van der Waals surface area contributed by atoms with Crippen molar-refractivity contribution in [2.75, 3.05) is 0 Å². The van der Waals surface area contributed by atoms with Gasteiger partial charge in [0.15, 0.2) is 0 Å². The fourth-order valence-corrected chi connectivity index (χ4v) is 2.41. The average Bonchev–Trinajstić information content (AvgIpc) is 2.55. The molecule has 1 amide bonds. The van der Waals surface area contributed by atoms with Crippen molar-refractivity contribution in [1.82, 2.24) is 5.32 Å². The lowest BCUT2D eigenvalue weighted by Gasteiger charge is -2.23. The number of halogens is 2. The van der Waals surface area contributed by atoms with E-state index in [0.29, 0.717) is 5.56 Å². The van der Waals surface area contributed by atoms with Crippen LogP contribution in [0, 0.1) is 11.7 Å². The molecule has 0 radical (unpaired) electrons. The van der Waals surface area contributed by atoms with Crippen molar-refractivity contribution >= 4 is 23.5 Å². The first-order chi connectivity index (χ1) is 10.9. The van der Waals surface area contributed by atoms with E-state index in [0.717, 1.165) is 6.07 Å². The second-order valence-electron chi connectivity index (χ2n) is 5.09. The van der Waals surface area contributed by atoms with Crippen molar-refractivity contribution in [1.29, 1.82) is 0 Å². The lowest BCUT2D eigenvalue weighted by molar-refractivity contribution is -0.142.